The Hall–Kier alpha value is -2.41. The monoisotopic (exact) mass is 675 g/mol. The predicted molar refractivity (Wildman–Crippen MR) is 141 cm³/mol. The molecule has 3 rings (SSSR count). The minimum Gasteiger partial charge on any atom is -0.390 e. The first-order valence-electron chi connectivity index (χ1n) is 12.1. The fraction of sp³-hybridized carbons (Fsp3) is 0.500. The molecule has 43 heavy (non-hydrogen) atoms. The van der Waals surface area contributed by atoms with Gasteiger partial charge < -0.3 is 34.2 Å². The van der Waals surface area contributed by atoms with Crippen LogP contribution in [0.25, 0.3) is 0 Å². The Kier molecular flexibility index (Phi) is 11.2. The Labute approximate surface area is 241 Å². The number of aromatic nitrogens is 2. The number of hydrogen-bond acceptors (Lipinski definition) is 13. The minimum atomic E-state index is -5.77. The molecular formula is C20H28N3O17P3. The van der Waals surface area contributed by atoms with Gasteiger partial charge in [0.25, 0.3) is 11.2 Å². The molecule has 0 radical (unpaired) electrons. The molecule has 1 aliphatic rings. The highest BCUT2D eigenvalue weighted by molar-refractivity contribution is 7.66. The lowest BCUT2D eigenvalue weighted by molar-refractivity contribution is -0.386. The van der Waals surface area contributed by atoms with E-state index in [1.165, 1.54) is 18.2 Å². The first-order chi connectivity index (χ1) is 19.8. The fourth-order valence-corrected chi connectivity index (χ4v) is 7.10. The molecule has 0 saturated carbocycles. The molecule has 2 aromatic rings. The first kappa shape index (κ1) is 35.1. The zero-order chi connectivity index (χ0) is 32.3. The van der Waals surface area contributed by atoms with Crippen molar-refractivity contribution in [1.82, 2.24) is 9.55 Å². The zero-order valence-corrected chi connectivity index (χ0v) is 24.9. The predicted octanol–water partition coefficient (Wildman–Crippen LogP) is 1.35. The summed E-state index contributed by atoms with van der Waals surface area (Å²) < 4.78 is 58.1. The van der Waals surface area contributed by atoms with Gasteiger partial charge in [0.05, 0.1) is 41.5 Å². The number of rotatable bonds is 14. The van der Waals surface area contributed by atoms with Crippen LogP contribution >= 0.6 is 23.5 Å². The Morgan fingerprint density at radius 1 is 1.12 bits per heavy atom. The van der Waals surface area contributed by atoms with Crippen LogP contribution in [0.5, 0.6) is 0 Å². The van der Waals surface area contributed by atoms with E-state index in [0.717, 1.165) is 10.8 Å². The molecule has 0 amide bonds. The molecule has 0 spiro atoms. The minimum absolute atomic E-state index is 0.0846. The molecule has 6 N–H and O–H groups in total. The normalized spacial score (nSPS) is 22.7. The van der Waals surface area contributed by atoms with E-state index in [2.05, 4.69) is 18.1 Å². The van der Waals surface area contributed by atoms with Crippen LogP contribution in [0.4, 0.5) is 5.69 Å². The molecule has 1 saturated heterocycles. The topological polar surface area (TPSA) is 297 Å². The van der Waals surface area contributed by atoms with Crippen LogP contribution in [-0.2, 0) is 42.9 Å². The second-order valence-corrected chi connectivity index (χ2v) is 13.9. The highest BCUT2D eigenvalue weighted by Gasteiger charge is 2.43. The number of para-hydroxylation sites is 1. The van der Waals surface area contributed by atoms with Crippen LogP contribution < -0.4 is 11.2 Å². The number of hydrogen-bond donors (Lipinski definition) is 6. The average molecular weight is 675 g/mol. The number of nitrogens with one attached hydrogen (secondary N) is 1. The second-order valence-electron chi connectivity index (χ2n) is 9.43. The van der Waals surface area contributed by atoms with Crippen LogP contribution in [-0.4, -0.2) is 58.0 Å². The summed E-state index contributed by atoms with van der Waals surface area (Å²) in [5.74, 6) is -0.269. The van der Waals surface area contributed by atoms with Crippen LogP contribution in [0.3, 0.4) is 0 Å². The molecule has 23 heteroatoms. The molecule has 3 unspecified atom stereocenters. The third-order valence-electron chi connectivity index (χ3n) is 5.84. The maximum absolute atomic E-state index is 12.5. The van der Waals surface area contributed by atoms with Gasteiger partial charge in [-0.25, -0.2) is 18.5 Å². The van der Waals surface area contributed by atoms with Gasteiger partial charge >= 0.3 is 29.2 Å². The van der Waals surface area contributed by atoms with Crippen molar-refractivity contribution >= 4 is 29.2 Å². The third-order valence-corrected chi connectivity index (χ3v) is 9.64. The van der Waals surface area contributed by atoms with Crippen molar-refractivity contribution in [2.45, 2.75) is 51.4 Å². The van der Waals surface area contributed by atoms with E-state index in [-0.39, 0.29) is 29.2 Å². The van der Waals surface area contributed by atoms with Gasteiger partial charge in [-0.15, -0.1) is 0 Å². The van der Waals surface area contributed by atoms with Crippen molar-refractivity contribution in [2.75, 3.05) is 6.61 Å². The maximum atomic E-state index is 12.5. The average Bonchev–Trinajstić information content (AvgIpc) is 3.22. The number of H-pyrrole nitrogens is 1. The number of phosphoric ester groups is 1. The fourth-order valence-electron chi connectivity index (χ4n) is 4.07. The van der Waals surface area contributed by atoms with E-state index in [1.54, 1.807) is 19.9 Å². The van der Waals surface area contributed by atoms with E-state index in [4.69, 9.17) is 19.3 Å². The molecule has 6 atom stereocenters. The number of aliphatic hydroxyl groups excluding tert-OH is 1. The number of ether oxygens (including phenoxy) is 2. The SMILES string of the molecule is CC(C)C(OCc1cn([C@H]2C[C@H](O)[C@@H](COP(=O)(O)OP(=O)(O)OP(=O)(O)O)O2)c(=O)[nH]c1=O)c1ccccc1[N+](=O)[O-]. The van der Waals surface area contributed by atoms with Gasteiger partial charge in [-0.1, -0.05) is 26.0 Å². The van der Waals surface area contributed by atoms with Crippen molar-refractivity contribution in [3.63, 3.8) is 0 Å². The van der Waals surface area contributed by atoms with Crippen LogP contribution in [0.15, 0.2) is 40.1 Å². The quantitative estimate of drug-likeness (QED) is 0.0935. The van der Waals surface area contributed by atoms with Crippen molar-refractivity contribution < 1.29 is 65.9 Å². The number of nitro groups is 1. The lowest BCUT2D eigenvalue weighted by atomic mass is 9.97. The molecule has 1 aromatic carbocycles. The van der Waals surface area contributed by atoms with Crippen molar-refractivity contribution in [2.24, 2.45) is 5.92 Å². The molecule has 1 fully saturated rings. The van der Waals surface area contributed by atoms with E-state index >= 15 is 0 Å². The third kappa shape index (κ3) is 9.79. The largest absolute Gasteiger partial charge is 0.490 e. The summed E-state index contributed by atoms with van der Waals surface area (Å²) in [6, 6.07) is 5.91. The van der Waals surface area contributed by atoms with Gasteiger partial charge in [0.2, 0.25) is 0 Å². The molecule has 2 heterocycles. The number of nitro benzene ring substituents is 1. The Morgan fingerprint density at radius 3 is 2.37 bits per heavy atom. The van der Waals surface area contributed by atoms with Gasteiger partial charge in [0.15, 0.2) is 0 Å². The zero-order valence-electron chi connectivity index (χ0n) is 22.3. The number of phosphoric acid groups is 3. The van der Waals surface area contributed by atoms with E-state index in [9.17, 15) is 48.3 Å². The molecular weight excluding hydrogens is 647 g/mol. The number of aliphatic hydroxyl groups is 1. The lowest BCUT2D eigenvalue weighted by Crippen LogP contribution is -2.34. The van der Waals surface area contributed by atoms with Gasteiger partial charge in [-0.3, -0.25) is 29.0 Å². The van der Waals surface area contributed by atoms with E-state index in [1.807, 2.05) is 0 Å². The Morgan fingerprint density at radius 2 is 1.77 bits per heavy atom. The van der Waals surface area contributed by atoms with Gasteiger partial charge in [0.1, 0.15) is 12.3 Å². The van der Waals surface area contributed by atoms with E-state index in [0.29, 0.717) is 0 Å². The summed E-state index contributed by atoms with van der Waals surface area (Å²) in [5.41, 5.74) is -1.78. The highest BCUT2D eigenvalue weighted by Crippen LogP contribution is 2.66. The van der Waals surface area contributed by atoms with Crippen LogP contribution in [0.2, 0.25) is 0 Å². The molecule has 240 valence electrons. The molecule has 1 aliphatic heterocycles. The van der Waals surface area contributed by atoms with Crippen LogP contribution in [0, 0.1) is 16.0 Å². The number of benzene rings is 1. The lowest BCUT2D eigenvalue weighted by Gasteiger charge is -2.22. The van der Waals surface area contributed by atoms with Crippen molar-refractivity contribution in [3.05, 3.63) is 72.5 Å². The van der Waals surface area contributed by atoms with Gasteiger partial charge in [-0.05, 0) is 12.0 Å². The summed E-state index contributed by atoms with van der Waals surface area (Å²) in [4.78, 5) is 74.0. The Bertz CT molecular complexity index is 1590. The smallest absolute Gasteiger partial charge is 0.390 e. The summed E-state index contributed by atoms with van der Waals surface area (Å²) in [6.07, 6.45) is -4.17. The number of aromatic amines is 1. The Balaban J connectivity index is 1.73. The summed E-state index contributed by atoms with van der Waals surface area (Å²) in [7, 11) is -16.9. The summed E-state index contributed by atoms with van der Waals surface area (Å²) in [6.45, 7) is 2.14. The molecule has 0 aliphatic carbocycles. The van der Waals surface area contributed by atoms with E-state index < -0.39 is 77.4 Å². The molecule has 1 aromatic heterocycles. The first-order valence-corrected chi connectivity index (χ1v) is 16.6. The maximum Gasteiger partial charge on any atom is 0.490 e. The van der Waals surface area contributed by atoms with Gasteiger partial charge in [0, 0.05) is 18.7 Å². The van der Waals surface area contributed by atoms with Crippen molar-refractivity contribution in [1.29, 1.82) is 0 Å². The summed E-state index contributed by atoms with van der Waals surface area (Å²) in [5, 5.41) is 21.8. The standard InChI is InChI=1S/C20H28N3O17P3/c1-11(2)18(13-5-3-4-6-14(13)23(27)28)36-9-12-8-22(20(26)21-19(12)25)17-7-15(24)16(38-17)10-37-42(32,33)40-43(34,35)39-41(29,30)31/h3-6,8,11,15-18,24H,7,9-10H2,1-2H3,(H,32,33)(H,34,35)(H,21,25,26)(H2,29,30,31)/t15-,16+,17+,18?/m0/s1. The van der Waals surface area contributed by atoms with Crippen LogP contribution in [0.1, 0.15) is 43.7 Å². The molecule has 0 bridgehead atoms. The second kappa shape index (κ2) is 13.7. The number of nitrogens with zero attached hydrogens (tertiary/aromatic N) is 2. The summed E-state index contributed by atoms with van der Waals surface area (Å²) >= 11 is 0. The van der Waals surface area contributed by atoms with Gasteiger partial charge in [-0.2, -0.15) is 8.62 Å². The molecule has 20 nitrogen and oxygen atoms in total. The highest BCUT2D eigenvalue weighted by atomic mass is 31.3. The van der Waals surface area contributed by atoms with Crippen molar-refractivity contribution in [3.8, 4) is 0 Å².